The zero-order chi connectivity index (χ0) is 23.0. The van der Waals surface area contributed by atoms with Crippen LogP contribution in [0.5, 0.6) is 0 Å². The van der Waals surface area contributed by atoms with Crippen LogP contribution >= 0.6 is 0 Å². The van der Waals surface area contributed by atoms with E-state index in [1.807, 2.05) is 48.5 Å². The van der Waals surface area contributed by atoms with Crippen LogP contribution in [-0.2, 0) is 14.3 Å². The van der Waals surface area contributed by atoms with Crippen molar-refractivity contribution in [2.75, 3.05) is 12.5 Å². The second-order valence-electron chi connectivity index (χ2n) is 8.64. The molecule has 0 saturated carbocycles. The highest BCUT2D eigenvalue weighted by Crippen LogP contribution is 2.42. The number of allylic oxidation sites excluding steroid dienone is 1. The Balaban J connectivity index is 1.77. The Labute approximate surface area is 185 Å². The van der Waals surface area contributed by atoms with E-state index < -0.39 is 17.3 Å². The number of methoxy groups -OCH3 is 1. The zero-order valence-corrected chi connectivity index (χ0v) is 18.5. The van der Waals surface area contributed by atoms with Crippen LogP contribution in [0.1, 0.15) is 27.2 Å². The number of Topliss-reactive ketones (excluding diaryl/α,β-unsaturated/α-hetero) is 1. The topological polar surface area (TPSA) is 101 Å². The summed E-state index contributed by atoms with van der Waals surface area (Å²) in [5.41, 5.74) is 3.32. The molecule has 0 bridgehead atoms. The molecule has 1 aliphatic rings. The van der Waals surface area contributed by atoms with Gasteiger partial charge in [0.1, 0.15) is 11.7 Å². The number of rotatable bonds is 4. The fraction of sp³-hybridized carbons (Fsp3) is 0.280. The first-order valence-electron chi connectivity index (χ1n) is 10.4. The van der Waals surface area contributed by atoms with Crippen molar-refractivity contribution >= 4 is 45.0 Å². The quantitative estimate of drug-likeness (QED) is 0.267. The van der Waals surface area contributed by atoms with Gasteiger partial charge in [0.25, 0.3) is 0 Å². The molecule has 7 heteroatoms. The molecule has 0 amide bonds. The number of ether oxygens (including phenoxy) is 1. The van der Waals surface area contributed by atoms with E-state index in [2.05, 4.69) is 15.5 Å². The molecule has 0 radical (unpaired) electrons. The molecule has 0 aliphatic heterocycles. The minimum atomic E-state index is -0.940. The first kappa shape index (κ1) is 21.5. The fourth-order valence-electron chi connectivity index (χ4n) is 4.38. The van der Waals surface area contributed by atoms with Gasteiger partial charge in [0.15, 0.2) is 11.6 Å². The lowest BCUT2D eigenvalue weighted by atomic mass is 9.68. The zero-order valence-electron chi connectivity index (χ0n) is 18.5. The Hall–Kier alpha value is -3.74. The van der Waals surface area contributed by atoms with Gasteiger partial charge in [0.05, 0.1) is 23.9 Å². The van der Waals surface area contributed by atoms with Crippen LogP contribution < -0.4 is 5.43 Å². The molecule has 1 aromatic heterocycles. The number of carbonyl (C=O) groups excluding carboxylic acids is 2. The highest BCUT2D eigenvalue weighted by atomic mass is 16.5. The van der Waals surface area contributed by atoms with Gasteiger partial charge in [-0.05, 0) is 23.8 Å². The van der Waals surface area contributed by atoms with Gasteiger partial charge in [-0.1, -0.05) is 56.3 Å². The first-order valence-corrected chi connectivity index (χ1v) is 10.4. The van der Waals surface area contributed by atoms with E-state index >= 15 is 0 Å². The lowest BCUT2D eigenvalue weighted by molar-refractivity contribution is -0.150. The molecule has 3 aromatic rings. The van der Waals surface area contributed by atoms with E-state index in [4.69, 9.17) is 4.74 Å². The Morgan fingerprint density at radius 3 is 2.44 bits per heavy atom. The number of pyridine rings is 1. The van der Waals surface area contributed by atoms with Crippen LogP contribution in [0.2, 0.25) is 0 Å². The minimum absolute atomic E-state index is 0.0392. The smallest absolute Gasteiger partial charge is 0.316 e. The van der Waals surface area contributed by atoms with Crippen LogP contribution in [0, 0.1) is 11.3 Å². The van der Waals surface area contributed by atoms with Crippen molar-refractivity contribution in [3.63, 3.8) is 0 Å². The summed E-state index contributed by atoms with van der Waals surface area (Å²) in [5.74, 6) is -1.57. The van der Waals surface area contributed by atoms with E-state index in [1.54, 1.807) is 20.8 Å². The van der Waals surface area contributed by atoms with Crippen LogP contribution in [0.3, 0.4) is 0 Å². The van der Waals surface area contributed by atoms with Gasteiger partial charge >= 0.3 is 5.97 Å². The standard InChI is InChI=1S/C25H25N3O4/c1-14(20-19(29)13-25(2,3)21(22(20)30)24(31)32-4)27-28-23-17-11-6-5-9-15(17)16-10-7-8-12-18(16)26-23/h5-12,21,30H,13H2,1-4H3,(H,26,28)/t21-/m0/s1. The third kappa shape index (κ3) is 3.60. The number of nitrogens with one attached hydrogen (secondary N) is 1. The van der Waals surface area contributed by atoms with Crippen molar-refractivity contribution in [3.8, 4) is 0 Å². The summed E-state index contributed by atoms with van der Waals surface area (Å²) in [7, 11) is 1.26. The van der Waals surface area contributed by atoms with Gasteiger partial charge in [-0.15, -0.1) is 0 Å². The number of hydrazone groups is 1. The number of para-hydroxylation sites is 1. The number of aliphatic hydroxyl groups is 1. The summed E-state index contributed by atoms with van der Waals surface area (Å²) in [4.78, 5) is 29.8. The molecule has 1 atom stereocenters. The van der Waals surface area contributed by atoms with E-state index in [0.29, 0.717) is 5.82 Å². The number of fused-ring (bicyclic) bond motifs is 3. The van der Waals surface area contributed by atoms with E-state index in [1.165, 1.54) is 7.11 Å². The van der Waals surface area contributed by atoms with Gasteiger partial charge in [0, 0.05) is 17.2 Å². The van der Waals surface area contributed by atoms with Crippen molar-refractivity contribution < 1.29 is 19.4 Å². The molecule has 0 unspecified atom stereocenters. The summed E-state index contributed by atoms with van der Waals surface area (Å²) >= 11 is 0. The van der Waals surface area contributed by atoms with Crippen molar-refractivity contribution in [1.29, 1.82) is 0 Å². The fourth-order valence-corrected chi connectivity index (χ4v) is 4.38. The molecule has 7 nitrogen and oxygen atoms in total. The molecular weight excluding hydrogens is 406 g/mol. The maximum Gasteiger partial charge on any atom is 0.316 e. The molecule has 4 rings (SSSR count). The number of anilines is 1. The largest absolute Gasteiger partial charge is 0.511 e. The third-order valence-electron chi connectivity index (χ3n) is 5.94. The number of esters is 1. The minimum Gasteiger partial charge on any atom is -0.511 e. The van der Waals surface area contributed by atoms with Gasteiger partial charge in [-0.25, -0.2) is 4.98 Å². The molecule has 1 heterocycles. The number of nitrogens with zero attached hydrogens (tertiary/aromatic N) is 2. The average molecular weight is 431 g/mol. The average Bonchev–Trinajstić information content (AvgIpc) is 2.76. The Morgan fingerprint density at radius 2 is 1.75 bits per heavy atom. The van der Waals surface area contributed by atoms with Crippen molar-refractivity contribution in [2.24, 2.45) is 16.4 Å². The molecular formula is C25H25N3O4. The second-order valence-corrected chi connectivity index (χ2v) is 8.64. The Morgan fingerprint density at radius 1 is 1.12 bits per heavy atom. The lowest BCUT2D eigenvalue weighted by Gasteiger charge is -2.36. The molecule has 2 N–H and O–H groups in total. The van der Waals surface area contributed by atoms with Gasteiger partial charge in [0.2, 0.25) is 0 Å². The highest BCUT2D eigenvalue weighted by molar-refractivity contribution is 6.23. The predicted molar refractivity (Wildman–Crippen MR) is 125 cm³/mol. The third-order valence-corrected chi connectivity index (χ3v) is 5.94. The van der Waals surface area contributed by atoms with Gasteiger partial charge in [-0.3, -0.25) is 15.0 Å². The summed E-state index contributed by atoms with van der Waals surface area (Å²) in [6.07, 6.45) is 0.0934. The molecule has 0 fully saturated rings. The van der Waals surface area contributed by atoms with E-state index in [-0.39, 0.29) is 29.2 Å². The lowest BCUT2D eigenvalue weighted by Crippen LogP contribution is -2.41. The van der Waals surface area contributed by atoms with Crippen LogP contribution in [0.4, 0.5) is 5.82 Å². The number of hydrogen-bond donors (Lipinski definition) is 2. The van der Waals surface area contributed by atoms with Crippen molar-refractivity contribution in [1.82, 2.24) is 4.98 Å². The molecule has 0 saturated heterocycles. The van der Waals surface area contributed by atoms with Crippen molar-refractivity contribution in [3.05, 3.63) is 59.9 Å². The molecule has 1 aliphatic carbocycles. The highest BCUT2D eigenvalue weighted by Gasteiger charge is 2.47. The van der Waals surface area contributed by atoms with Gasteiger partial charge in [-0.2, -0.15) is 5.10 Å². The number of carbonyl (C=O) groups is 2. The molecule has 32 heavy (non-hydrogen) atoms. The second kappa shape index (κ2) is 8.07. The predicted octanol–water partition coefficient (Wildman–Crippen LogP) is 4.78. The summed E-state index contributed by atoms with van der Waals surface area (Å²) in [5, 5.41) is 18.1. The van der Waals surface area contributed by atoms with E-state index in [9.17, 15) is 14.7 Å². The van der Waals surface area contributed by atoms with Crippen molar-refractivity contribution in [2.45, 2.75) is 27.2 Å². The Bertz CT molecular complexity index is 1310. The van der Waals surface area contributed by atoms with Crippen LogP contribution in [0.25, 0.3) is 21.7 Å². The van der Waals surface area contributed by atoms with Crippen LogP contribution in [-0.4, -0.2) is 34.7 Å². The summed E-state index contributed by atoms with van der Waals surface area (Å²) in [6.45, 7) is 5.14. The number of aromatic nitrogens is 1. The number of benzene rings is 2. The summed E-state index contributed by atoms with van der Waals surface area (Å²) in [6, 6.07) is 15.7. The summed E-state index contributed by atoms with van der Waals surface area (Å²) < 4.78 is 4.87. The molecule has 164 valence electrons. The van der Waals surface area contributed by atoms with Crippen LogP contribution in [0.15, 0.2) is 65.0 Å². The monoisotopic (exact) mass is 431 g/mol. The molecule has 2 aromatic carbocycles. The first-order chi connectivity index (χ1) is 15.2. The SMILES string of the molecule is COC(=O)[C@@H]1C(O)=C(C(C)=NNc2nc3ccccc3c3ccccc23)C(=O)CC1(C)C. The maximum absolute atomic E-state index is 12.8. The van der Waals surface area contributed by atoms with E-state index in [0.717, 1.165) is 21.7 Å². The van der Waals surface area contributed by atoms with Gasteiger partial charge < -0.3 is 9.84 Å². The number of hydrogen-bond acceptors (Lipinski definition) is 7. The normalized spacial score (nSPS) is 18.8. The Kier molecular flexibility index (Phi) is 5.42. The number of ketones is 1. The maximum atomic E-state index is 12.8. The molecule has 0 spiro atoms. The number of aliphatic hydroxyl groups excluding tert-OH is 1.